The van der Waals surface area contributed by atoms with Crippen molar-refractivity contribution in [2.45, 2.75) is 33.1 Å². The van der Waals surface area contributed by atoms with E-state index in [0.717, 1.165) is 30.2 Å². The molecule has 4 rings (SSSR count). The summed E-state index contributed by atoms with van der Waals surface area (Å²) in [6.07, 6.45) is 4.40. The molecule has 0 unspecified atom stereocenters. The van der Waals surface area contributed by atoms with Crippen molar-refractivity contribution >= 4 is 27.3 Å². The van der Waals surface area contributed by atoms with Crippen molar-refractivity contribution < 1.29 is 4.79 Å². The second-order valence-electron chi connectivity index (χ2n) is 7.74. The van der Waals surface area contributed by atoms with Crippen molar-refractivity contribution in [2.75, 3.05) is 24.5 Å². The van der Waals surface area contributed by atoms with Gasteiger partial charge in [-0.15, -0.1) is 5.10 Å². The van der Waals surface area contributed by atoms with Gasteiger partial charge in [-0.25, -0.2) is 4.98 Å². The maximum atomic E-state index is 12.8. The topological polar surface area (TPSA) is 79.6 Å². The maximum absolute atomic E-state index is 12.8. The molecule has 0 spiro atoms. The van der Waals surface area contributed by atoms with Gasteiger partial charge < -0.3 is 10.2 Å². The van der Waals surface area contributed by atoms with Crippen LogP contribution >= 0.6 is 11.3 Å². The number of benzene rings is 1. The van der Waals surface area contributed by atoms with Gasteiger partial charge in [0, 0.05) is 25.8 Å². The average molecular weight is 412 g/mol. The van der Waals surface area contributed by atoms with Crippen LogP contribution in [0.15, 0.2) is 35.3 Å². The number of aryl methyl sites for hydroxylation is 1. The van der Waals surface area contributed by atoms with Gasteiger partial charge in [0.15, 0.2) is 0 Å². The van der Waals surface area contributed by atoms with Gasteiger partial charge in [0.25, 0.3) is 11.5 Å². The zero-order chi connectivity index (χ0) is 20.4. The lowest BCUT2D eigenvalue weighted by atomic mass is 10.0. The van der Waals surface area contributed by atoms with Crippen molar-refractivity contribution in [3.8, 4) is 0 Å². The fraction of sp³-hybridized carbons (Fsp3) is 0.429. The standard InChI is InChI=1S/C21H25N5O2S/c1-14-5-7-16(8-6-14)9-10-22-18(27)17-12-23-20-26(19(17)28)24-21(29-20)25-11-3-4-15(2)13-25/h5-8,12,15H,3-4,9-11,13H2,1-2H3,(H,22,27)/t15-/m1/s1. The van der Waals surface area contributed by atoms with Gasteiger partial charge in [-0.3, -0.25) is 9.59 Å². The molecular weight excluding hydrogens is 386 g/mol. The largest absolute Gasteiger partial charge is 0.351 e. The van der Waals surface area contributed by atoms with E-state index in [1.54, 1.807) is 0 Å². The van der Waals surface area contributed by atoms with Gasteiger partial charge in [0.2, 0.25) is 10.1 Å². The van der Waals surface area contributed by atoms with Crippen LogP contribution in [0.2, 0.25) is 0 Å². The first kappa shape index (κ1) is 19.6. The van der Waals surface area contributed by atoms with E-state index in [2.05, 4.69) is 27.2 Å². The Morgan fingerprint density at radius 1 is 1.31 bits per heavy atom. The predicted molar refractivity (Wildman–Crippen MR) is 115 cm³/mol. The molecule has 0 saturated carbocycles. The van der Waals surface area contributed by atoms with Crippen LogP contribution in [0.5, 0.6) is 0 Å². The third-order valence-electron chi connectivity index (χ3n) is 5.27. The molecule has 0 radical (unpaired) electrons. The highest BCUT2D eigenvalue weighted by molar-refractivity contribution is 7.20. The van der Waals surface area contributed by atoms with Crippen LogP contribution in [0.1, 0.15) is 41.3 Å². The normalized spacial score (nSPS) is 16.9. The fourth-order valence-electron chi connectivity index (χ4n) is 3.59. The smallest absolute Gasteiger partial charge is 0.288 e. The maximum Gasteiger partial charge on any atom is 0.288 e. The summed E-state index contributed by atoms with van der Waals surface area (Å²) in [7, 11) is 0. The van der Waals surface area contributed by atoms with E-state index in [1.165, 1.54) is 34.0 Å². The van der Waals surface area contributed by atoms with Gasteiger partial charge in [-0.2, -0.15) is 4.52 Å². The third-order valence-corrected chi connectivity index (χ3v) is 6.25. The van der Waals surface area contributed by atoms with Gasteiger partial charge in [0.1, 0.15) is 5.56 Å². The second-order valence-corrected chi connectivity index (χ2v) is 8.68. The van der Waals surface area contributed by atoms with Gasteiger partial charge in [-0.05, 0) is 37.7 Å². The number of fused-ring (bicyclic) bond motifs is 1. The van der Waals surface area contributed by atoms with E-state index in [-0.39, 0.29) is 5.56 Å². The summed E-state index contributed by atoms with van der Waals surface area (Å²) >= 11 is 1.39. The highest BCUT2D eigenvalue weighted by Gasteiger charge is 2.22. The SMILES string of the molecule is Cc1ccc(CCNC(=O)c2cnc3sc(N4CCC[C@@H](C)C4)nn3c2=O)cc1. The molecular formula is C21H25N5O2S. The molecule has 1 aliphatic rings. The number of anilines is 1. The molecule has 2 aromatic heterocycles. The van der Waals surface area contributed by atoms with Crippen molar-refractivity contribution in [3.63, 3.8) is 0 Å². The molecule has 3 heterocycles. The van der Waals surface area contributed by atoms with Crippen molar-refractivity contribution in [2.24, 2.45) is 5.92 Å². The van der Waals surface area contributed by atoms with Crippen LogP contribution in [-0.2, 0) is 6.42 Å². The zero-order valence-electron chi connectivity index (χ0n) is 16.7. The van der Waals surface area contributed by atoms with Crippen LogP contribution in [0.3, 0.4) is 0 Å². The molecule has 8 heteroatoms. The molecule has 7 nitrogen and oxygen atoms in total. The Bertz CT molecular complexity index is 1070. The van der Waals surface area contributed by atoms with Crippen molar-refractivity contribution in [3.05, 3.63) is 57.5 Å². The number of aromatic nitrogens is 3. The summed E-state index contributed by atoms with van der Waals surface area (Å²) in [6, 6.07) is 8.18. The van der Waals surface area contributed by atoms with Gasteiger partial charge in [-0.1, -0.05) is 48.1 Å². The summed E-state index contributed by atoms with van der Waals surface area (Å²) < 4.78 is 1.26. The molecule has 1 atom stereocenters. The minimum atomic E-state index is -0.421. The monoisotopic (exact) mass is 411 g/mol. The molecule has 3 aromatic rings. The Hall–Kier alpha value is -2.74. The van der Waals surface area contributed by atoms with Crippen molar-refractivity contribution in [1.82, 2.24) is 19.9 Å². The lowest BCUT2D eigenvalue weighted by Gasteiger charge is -2.30. The molecule has 1 amide bonds. The fourth-order valence-corrected chi connectivity index (χ4v) is 4.49. The number of nitrogens with zero attached hydrogens (tertiary/aromatic N) is 4. The molecule has 29 heavy (non-hydrogen) atoms. The van der Waals surface area contributed by atoms with Gasteiger partial charge in [0.05, 0.1) is 0 Å². The Morgan fingerprint density at radius 3 is 2.86 bits per heavy atom. The Labute approximate surface area is 173 Å². The van der Waals surface area contributed by atoms with Crippen LogP contribution in [0, 0.1) is 12.8 Å². The number of carbonyl (C=O) groups excluding carboxylic acids is 1. The number of carbonyl (C=O) groups is 1. The summed E-state index contributed by atoms with van der Waals surface area (Å²) in [5.74, 6) is 0.195. The summed E-state index contributed by atoms with van der Waals surface area (Å²) in [6.45, 7) is 6.59. The number of rotatable bonds is 5. The van der Waals surface area contributed by atoms with Crippen LogP contribution in [0.4, 0.5) is 5.13 Å². The molecule has 1 aliphatic heterocycles. The van der Waals surface area contributed by atoms with E-state index in [1.807, 2.05) is 31.2 Å². The molecule has 152 valence electrons. The number of piperidine rings is 1. The van der Waals surface area contributed by atoms with E-state index < -0.39 is 11.5 Å². The number of hydrogen-bond donors (Lipinski definition) is 1. The van der Waals surface area contributed by atoms with Crippen LogP contribution < -0.4 is 15.8 Å². The van der Waals surface area contributed by atoms with E-state index in [0.29, 0.717) is 23.8 Å². The first-order valence-electron chi connectivity index (χ1n) is 9.99. The van der Waals surface area contributed by atoms with Crippen LogP contribution in [0.25, 0.3) is 4.96 Å². The molecule has 1 N–H and O–H groups in total. The summed E-state index contributed by atoms with van der Waals surface area (Å²) in [4.78, 5) is 32.3. The zero-order valence-corrected chi connectivity index (χ0v) is 17.5. The molecule has 0 bridgehead atoms. The quantitative estimate of drug-likeness (QED) is 0.698. The Kier molecular flexibility index (Phi) is 5.62. The molecule has 1 saturated heterocycles. The average Bonchev–Trinajstić information content (AvgIpc) is 3.15. The lowest BCUT2D eigenvalue weighted by molar-refractivity contribution is 0.0952. The lowest BCUT2D eigenvalue weighted by Crippen LogP contribution is -2.35. The third kappa shape index (κ3) is 4.32. The van der Waals surface area contributed by atoms with E-state index in [9.17, 15) is 9.59 Å². The van der Waals surface area contributed by atoms with E-state index >= 15 is 0 Å². The molecule has 0 aliphatic carbocycles. The van der Waals surface area contributed by atoms with Gasteiger partial charge >= 0.3 is 0 Å². The van der Waals surface area contributed by atoms with Crippen LogP contribution in [-0.4, -0.2) is 40.1 Å². The first-order chi connectivity index (χ1) is 14.0. The molecule has 1 aromatic carbocycles. The Balaban J connectivity index is 1.47. The minimum Gasteiger partial charge on any atom is -0.351 e. The molecule has 1 fully saturated rings. The first-order valence-corrected chi connectivity index (χ1v) is 10.8. The summed E-state index contributed by atoms with van der Waals surface area (Å²) in [5, 5.41) is 8.06. The van der Waals surface area contributed by atoms with E-state index in [4.69, 9.17) is 0 Å². The highest BCUT2D eigenvalue weighted by Crippen LogP contribution is 2.26. The highest BCUT2D eigenvalue weighted by atomic mass is 32.1. The summed E-state index contributed by atoms with van der Waals surface area (Å²) in [5.41, 5.74) is 1.94. The van der Waals surface area contributed by atoms with Crippen molar-refractivity contribution in [1.29, 1.82) is 0 Å². The predicted octanol–water partition coefficient (Wildman–Crippen LogP) is 2.67. The Morgan fingerprint density at radius 2 is 2.10 bits per heavy atom. The minimum absolute atomic E-state index is 0.0234. The second kappa shape index (κ2) is 8.32. The number of amides is 1. The number of nitrogens with one attached hydrogen (secondary N) is 1. The number of hydrogen-bond acceptors (Lipinski definition) is 6.